The SMILES string of the molecule is CC(=O)NCSC(C)(C)[C@H](NC[C@@H](N)CN)C(=O)NCc1cccc(O)c1Cl. The zero-order valence-electron chi connectivity index (χ0n) is 16.4. The Labute approximate surface area is 175 Å². The minimum Gasteiger partial charge on any atom is -0.506 e. The zero-order chi connectivity index (χ0) is 21.3. The molecular weight excluding hydrogens is 402 g/mol. The van der Waals surface area contributed by atoms with E-state index in [4.69, 9.17) is 23.1 Å². The van der Waals surface area contributed by atoms with Crippen LogP contribution in [0.15, 0.2) is 18.2 Å². The van der Waals surface area contributed by atoms with Crippen LogP contribution in [0.5, 0.6) is 5.75 Å². The molecule has 0 spiro atoms. The van der Waals surface area contributed by atoms with Gasteiger partial charge in [-0.2, -0.15) is 0 Å². The van der Waals surface area contributed by atoms with Crippen LogP contribution in [0.1, 0.15) is 26.3 Å². The normalized spacial score (nSPS) is 13.6. The Kier molecular flexibility index (Phi) is 10.0. The number of carbonyl (C=O) groups excluding carboxylic acids is 2. The maximum absolute atomic E-state index is 12.9. The predicted molar refractivity (Wildman–Crippen MR) is 114 cm³/mol. The molecule has 1 aromatic rings. The smallest absolute Gasteiger partial charge is 0.238 e. The monoisotopic (exact) mass is 431 g/mol. The molecule has 0 aliphatic heterocycles. The highest BCUT2D eigenvalue weighted by atomic mass is 35.5. The van der Waals surface area contributed by atoms with Crippen molar-refractivity contribution in [2.45, 2.75) is 44.1 Å². The first-order valence-electron chi connectivity index (χ1n) is 8.90. The largest absolute Gasteiger partial charge is 0.506 e. The summed E-state index contributed by atoms with van der Waals surface area (Å²) in [6, 6.07) is 3.98. The molecule has 0 saturated heterocycles. The summed E-state index contributed by atoms with van der Waals surface area (Å²) in [7, 11) is 0. The Balaban J connectivity index is 2.84. The molecule has 1 aromatic carbocycles. The van der Waals surface area contributed by atoms with Gasteiger partial charge in [0.05, 0.1) is 10.9 Å². The summed E-state index contributed by atoms with van der Waals surface area (Å²) in [5.41, 5.74) is 12.1. The molecule has 0 heterocycles. The van der Waals surface area contributed by atoms with Crippen molar-refractivity contribution >= 4 is 35.2 Å². The summed E-state index contributed by atoms with van der Waals surface area (Å²) < 4.78 is -0.552. The summed E-state index contributed by atoms with van der Waals surface area (Å²) in [5.74, 6) is -0.0529. The number of hydrogen-bond donors (Lipinski definition) is 6. The van der Waals surface area contributed by atoms with Crippen molar-refractivity contribution in [3.05, 3.63) is 28.8 Å². The van der Waals surface area contributed by atoms with Crippen LogP contribution in [0.25, 0.3) is 0 Å². The number of carbonyl (C=O) groups is 2. The topological polar surface area (TPSA) is 142 Å². The Morgan fingerprint density at radius 1 is 1.32 bits per heavy atom. The Hall–Kier alpha value is -1.52. The molecule has 28 heavy (non-hydrogen) atoms. The summed E-state index contributed by atoms with van der Waals surface area (Å²) in [6.07, 6.45) is 0. The molecule has 8 nitrogen and oxygen atoms in total. The predicted octanol–water partition coefficient (Wildman–Crippen LogP) is 0.511. The van der Waals surface area contributed by atoms with Gasteiger partial charge in [-0.15, -0.1) is 11.8 Å². The van der Waals surface area contributed by atoms with E-state index in [9.17, 15) is 14.7 Å². The zero-order valence-corrected chi connectivity index (χ0v) is 18.0. The van der Waals surface area contributed by atoms with Gasteiger partial charge in [0.1, 0.15) is 11.8 Å². The second kappa shape index (κ2) is 11.5. The molecule has 2 amide bonds. The lowest BCUT2D eigenvalue weighted by atomic mass is 10.0. The third-order valence-corrected chi connectivity index (χ3v) is 5.83. The van der Waals surface area contributed by atoms with E-state index in [0.29, 0.717) is 24.5 Å². The molecule has 0 bridgehead atoms. The first-order valence-corrected chi connectivity index (χ1v) is 10.3. The maximum Gasteiger partial charge on any atom is 0.238 e. The van der Waals surface area contributed by atoms with Gasteiger partial charge >= 0.3 is 0 Å². The number of rotatable bonds is 11. The van der Waals surface area contributed by atoms with Crippen LogP contribution in [0, 0.1) is 0 Å². The van der Waals surface area contributed by atoms with Gasteiger partial charge in [0.15, 0.2) is 0 Å². The van der Waals surface area contributed by atoms with E-state index in [1.165, 1.54) is 24.8 Å². The van der Waals surface area contributed by atoms with Gasteiger partial charge < -0.3 is 32.5 Å². The number of hydrogen-bond acceptors (Lipinski definition) is 7. The average Bonchev–Trinajstić information content (AvgIpc) is 2.62. The number of phenols is 1. The third-order valence-electron chi connectivity index (χ3n) is 4.12. The first-order chi connectivity index (χ1) is 13.1. The number of nitrogens with one attached hydrogen (secondary N) is 3. The minimum absolute atomic E-state index is 0.0387. The van der Waals surface area contributed by atoms with E-state index in [0.717, 1.165) is 0 Å². The number of phenolic OH excluding ortho intramolecular Hbond substituents is 1. The molecule has 0 unspecified atom stereocenters. The quantitative estimate of drug-likeness (QED) is 0.280. The maximum atomic E-state index is 12.9. The Morgan fingerprint density at radius 3 is 2.61 bits per heavy atom. The number of thioether (sulfide) groups is 1. The lowest BCUT2D eigenvalue weighted by molar-refractivity contribution is -0.124. The number of aromatic hydroxyl groups is 1. The fourth-order valence-corrected chi connectivity index (χ4v) is 3.60. The summed E-state index contributed by atoms with van der Waals surface area (Å²) in [5, 5.41) is 18.6. The van der Waals surface area contributed by atoms with Crippen LogP contribution in [-0.2, 0) is 16.1 Å². The van der Waals surface area contributed by atoms with Crippen LogP contribution in [-0.4, -0.2) is 52.7 Å². The van der Waals surface area contributed by atoms with E-state index in [-0.39, 0.29) is 35.2 Å². The molecule has 0 aromatic heterocycles. The summed E-state index contributed by atoms with van der Waals surface area (Å²) in [6.45, 7) is 6.08. The highest BCUT2D eigenvalue weighted by Gasteiger charge is 2.35. The van der Waals surface area contributed by atoms with Crippen molar-refractivity contribution in [1.82, 2.24) is 16.0 Å². The fraction of sp³-hybridized carbons (Fsp3) is 0.556. The van der Waals surface area contributed by atoms with E-state index in [2.05, 4.69) is 16.0 Å². The van der Waals surface area contributed by atoms with Gasteiger partial charge in [0.2, 0.25) is 11.8 Å². The van der Waals surface area contributed by atoms with Crippen LogP contribution in [0.3, 0.4) is 0 Å². The van der Waals surface area contributed by atoms with Crippen molar-refractivity contribution in [2.24, 2.45) is 11.5 Å². The van der Waals surface area contributed by atoms with Crippen molar-refractivity contribution in [3.63, 3.8) is 0 Å². The van der Waals surface area contributed by atoms with Crippen LogP contribution in [0.4, 0.5) is 0 Å². The third kappa shape index (κ3) is 7.84. The lowest BCUT2D eigenvalue weighted by Gasteiger charge is -2.34. The number of halogens is 1. The molecule has 0 radical (unpaired) electrons. The van der Waals surface area contributed by atoms with Crippen molar-refractivity contribution < 1.29 is 14.7 Å². The van der Waals surface area contributed by atoms with Crippen molar-refractivity contribution in [2.75, 3.05) is 19.0 Å². The molecule has 2 atom stereocenters. The highest BCUT2D eigenvalue weighted by Crippen LogP contribution is 2.29. The minimum atomic E-state index is -0.597. The molecule has 158 valence electrons. The first kappa shape index (κ1) is 24.5. The van der Waals surface area contributed by atoms with Gasteiger partial charge in [0, 0.05) is 37.3 Å². The molecule has 0 saturated carbocycles. The van der Waals surface area contributed by atoms with Crippen molar-refractivity contribution in [3.8, 4) is 5.75 Å². The van der Waals surface area contributed by atoms with E-state index in [1.807, 2.05) is 13.8 Å². The van der Waals surface area contributed by atoms with Gasteiger partial charge in [-0.1, -0.05) is 23.7 Å². The molecule has 8 N–H and O–H groups in total. The fourth-order valence-electron chi connectivity index (χ4n) is 2.40. The Morgan fingerprint density at radius 2 is 2.00 bits per heavy atom. The standard InChI is InChI=1S/C18H30ClN5O3S/c1-11(25)24-10-28-18(2,3)16(22-9-13(21)7-20)17(27)23-8-12-5-4-6-14(26)15(12)19/h4-6,13,16,22,26H,7-10,20-21H2,1-3H3,(H,23,27)(H,24,25)/t13-,16+/m0/s1. The van der Waals surface area contributed by atoms with Crippen molar-refractivity contribution in [1.29, 1.82) is 0 Å². The van der Waals surface area contributed by atoms with Crippen LogP contribution < -0.4 is 27.4 Å². The summed E-state index contributed by atoms with van der Waals surface area (Å²) >= 11 is 7.51. The molecule has 0 fully saturated rings. The number of benzene rings is 1. The Bertz CT molecular complexity index is 675. The van der Waals surface area contributed by atoms with Crippen LogP contribution >= 0.6 is 23.4 Å². The number of nitrogens with two attached hydrogens (primary N) is 2. The molecule has 10 heteroatoms. The van der Waals surface area contributed by atoms with Gasteiger partial charge in [0.25, 0.3) is 0 Å². The highest BCUT2D eigenvalue weighted by molar-refractivity contribution is 8.00. The lowest BCUT2D eigenvalue weighted by Crippen LogP contribution is -2.57. The second-order valence-corrected chi connectivity index (χ2v) is 8.94. The molecule has 0 aliphatic carbocycles. The molecular formula is C18H30ClN5O3S. The van der Waals surface area contributed by atoms with Gasteiger partial charge in [-0.3, -0.25) is 9.59 Å². The van der Waals surface area contributed by atoms with E-state index in [1.54, 1.807) is 12.1 Å². The summed E-state index contributed by atoms with van der Waals surface area (Å²) in [4.78, 5) is 24.0. The van der Waals surface area contributed by atoms with Crippen LogP contribution in [0.2, 0.25) is 5.02 Å². The second-order valence-electron chi connectivity index (χ2n) is 6.93. The van der Waals surface area contributed by atoms with Gasteiger partial charge in [-0.25, -0.2) is 0 Å². The molecule has 0 aliphatic rings. The van der Waals surface area contributed by atoms with E-state index < -0.39 is 10.8 Å². The average molecular weight is 432 g/mol. The molecule has 1 rings (SSSR count). The van der Waals surface area contributed by atoms with E-state index >= 15 is 0 Å². The van der Waals surface area contributed by atoms with Gasteiger partial charge in [-0.05, 0) is 25.5 Å². The number of amides is 2.